The van der Waals surface area contributed by atoms with Crippen LogP contribution in [0, 0.1) is 6.92 Å². The first-order valence-corrected chi connectivity index (χ1v) is 11.4. The fraction of sp³-hybridized carbons (Fsp3) is 0.360. The zero-order valence-electron chi connectivity index (χ0n) is 18.8. The minimum Gasteiger partial charge on any atom is -0.376 e. The van der Waals surface area contributed by atoms with Crippen molar-refractivity contribution in [3.05, 3.63) is 87.5 Å². The Morgan fingerprint density at radius 1 is 1.12 bits per heavy atom. The van der Waals surface area contributed by atoms with Crippen LogP contribution in [0.2, 0.25) is 0 Å². The number of fused-ring (bicyclic) bond motifs is 1. The van der Waals surface area contributed by atoms with E-state index in [1.54, 1.807) is 0 Å². The van der Waals surface area contributed by atoms with Gasteiger partial charge in [-0.1, -0.05) is 42.5 Å². The second kappa shape index (κ2) is 9.64. The number of rotatable bonds is 8. The number of nitrogens with zero attached hydrogens (tertiary/aromatic N) is 5. The van der Waals surface area contributed by atoms with E-state index < -0.39 is 0 Å². The molecule has 33 heavy (non-hydrogen) atoms. The molecule has 1 unspecified atom stereocenters. The summed E-state index contributed by atoms with van der Waals surface area (Å²) in [6.45, 7) is 5.16. The number of nitrogens with one attached hydrogen (secondary N) is 1. The van der Waals surface area contributed by atoms with Crippen LogP contribution in [0.3, 0.4) is 0 Å². The molecule has 0 bridgehead atoms. The van der Waals surface area contributed by atoms with Crippen LogP contribution >= 0.6 is 0 Å². The van der Waals surface area contributed by atoms with Gasteiger partial charge in [-0.05, 0) is 58.8 Å². The molecule has 0 saturated carbocycles. The van der Waals surface area contributed by atoms with Crippen molar-refractivity contribution in [3.8, 4) is 0 Å². The molecule has 1 aliphatic heterocycles. The maximum Gasteiger partial charge on any atom is 0.252 e. The molecule has 8 nitrogen and oxygen atoms in total. The van der Waals surface area contributed by atoms with E-state index in [-0.39, 0.29) is 11.7 Å². The van der Waals surface area contributed by atoms with E-state index in [2.05, 4.69) is 43.6 Å². The van der Waals surface area contributed by atoms with Crippen molar-refractivity contribution in [2.24, 2.45) is 0 Å². The molecule has 8 heteroatoms. The van der Waals surface area contributed by atoms with Gasteiger partial charge in [0.15, 0.2) is 5.82 Å². The zero-order valence-corrected chi connectivity index (χ0v) is 18.8. The minimum absolute atomic E-state index is 0.0647. The van der Waals surface area contributed by atoms with Gasteiger partial charge in [0.1, 0.15) is 0 Å². The van der Waals surface area contributed by atoms with Gasteiger partial charge in [0.2, 0.25) is 0 Å². The second-order valence-corrected chi connectivity index (χ2v) is 8.76. The first-order chi connectivity index (χ1) is 16.1. The highest BCUT2D eigenvalue weighted by Crippen LogP contribution is 2.18. The molecular formula is C25H28N6O2. The fourth-order valence-electron chi connectivity index (χ4n) is 4.39. The largest absolute Gasteiger partial charge is 0.376 e. The first-order valence-electron chi connectivity index (χ1n) is 11.4. The van der Waals surface area contributed by atoms with E-state index in [9.17, 15) is 4.79 Å². The normalized spacial score (nSPS) is 16.1. The van der Waals surface area contributed by atoms with Gasteiger partial charge in [-0.25, -0.2) is 4.68 Å². The fourth-order valence-corrected chi connectivity index (χ4v) is 4.39. The SMILES string of the molecule is Cc1ccc2cc(CN(Cc3ccccc3)Cc3nnnn3CC3CCCO3)c(=O)[nH]c2c1. The van der Waals surface area contributed by atoms with E-state index in [1.165, 1.54) is 5.56 Å². The molecule has 3 heterocycles. The molecule has 5 rings (SSSR count). The number of ether oxygens (including phenoxy) is 1. The lowest BCUT2D eigenvalue weighted by Gasteiger charge is -2.22. The molecule has 2 aromatic carbocycles. The predicted molar refractivity (Wildman–Crippen MR) is 125 cm³/mol. The second-order valence-electron chi connectivity index (χ2n) is 8.76. The minimum atomic E-state index is -0.0647. The molecule has 0 spiro atoms. The standard InChI is InChI=1S/C25H28N6O2/c1-18-9-10-20-13-21(25(32)26-23(20)12-18)15-30(14-19-6-3-2-4-7-19)17-24-27-28-29-31(24)16-22-8-5-11-33-22/h2-4,6-7,9-10,12-13,22H,5,8,11,14-17H2,1H3,(H,26,32). The summed E-state index contributed by atoms with van der Waals surface area (Å²) >= 11 is 0. The third-order valence-corrected chi connectivity index (χ3v) is 6.09. The van der Waals surface area contributed by atoms with Gasteiger partial charge in [0.25, 0.3) is 5.56 Å². The van der Waals surface area contributed by atoms with Crippen LogP contribution in [0.1, 0.15) is 35.4 Å². The third-order valence-electron chi connectivity index (χ3n) is 6.09. The van der Waals surface area contributed by atoms with Gasteiger partial charge in [0, 0.05) is 30.8 Å². The molecule has 1 N–H and O–H groups in total. The average Bonchev–Trinajstić information content (AvgIpc) is 3.48. The highest BCUT2D eigenvalue weighted by Gasteiger charge is 2.20. The van der Waals surface area contributed by atoms with Crippen LogP contribution in [0.15, 0.2) is 59.4 Å². The van der Waals surface area contributed by atoms with Crippen molar-refractivity contribution >= 4 is 10.9 Å². The Morgan fingerprint density at radius 3 is 2.82 bits per heavy atom. The van der Waals surface area contributed by atoms with Gasteiger partial charge in [-0.2, -0.15) is 0 Å². The summed E-state index contributed by atoms with van der Waals surface area (Å²) in [5.41, 5.74) is 3.81. The number of pyridine rings is 1. The molecule has 4 aromatic rings. The van der Waals surface area contributed by atoms with Crippen molar-refractivity contribution in [1.29, 1.82) is 0 Å². The summed E-state index contributed by atoms with van der Waals surface area (Å²) in [4.78, 5) is 18.1. The van der Waals surface area contributed by atoms with Gasteiger partial charge < -0.3 is 9.72 Å². The Hall–Kier alpha value is -3.36. The summed E-state index contributed by atoms with van der Waals surface area (Å²) in [6.07, 6.45) is 2.26. The lowest BCUT2D eigenvalue weighted by Crippen LogP contribution is -2.29. The summed E-state index contributed by atoms with van der Waals surface area (Å²) in [5, 5.41) is 13.4. The van der Waals surface area contributed by atoms with Crippen molar-refractivity contribution in [3.63, 3.8) is 0 Å². The first kappa shape index (κ1) is 21.5. The average molecular weight is 445 g/mol. The van der Waals surface area contributed by atoms with Gasteiger partial charge >= 0.3 is 0 Å². The number of hydrogen-bond acceptors (Lipinski definition) is 6. The highest BCUT2D eigenvalue weighted by atomic mass is 16.5. The number of benzene rings is 2. The molecule has 1 saturated heterocycles. The predicted octanol–water partition coefficient (Wildman–Crippen LogP) is 3.20. The van der Waals surface area contributed by atoms with Crippen molar-refractivity contribution in [2.45, 2.75) is 52.0 Å². The summed E-state index contributed by atoms with van der Waals surface area (Å²) < 4.78 is 7.60. The third kappa shape index (κ3) is 5.18. The molecule has 0 aliphatic carbocycles. The lowest BCUT2D eigenvalue weighted by molar-refractivity contribution is 0.0914. The smallest absolute Gasteiger partial charge is 0.252 e. The summed E-state index contributed by atoms with van der Waals surface area (Å²) in [5.74, 6) is 0.772. The van der Waals surface area contributed by atoms with Crippen LogP contribution in [0.25, 0.3) is 10.9 Å². The van der Waals surface area contributed by atoms with Crippen molar-refractivity contribution < 1.29 is 4.74 Å². The Balaban J connectivity index is 1.41. The quantitative estimate of drug-likeness (QED) is 0.449. The maximum absolute atomic E-state index is 12.9. The number of aryl methyl sites for hydroxylation is 1. The Bertz CT molecular complexity index is 1280. The molecule has 170 valence electrons. The van der Waals surface area contributed by atoms with Crippen LogP contribution in [-0.4, -0.2) is 42.8 Å². The van der Waals surface area contributed by atoms with Crippen LogP contribution in [0.5, 0.6) is 0 Å². The highest BCUT2D eigenvalue weighted by molar-refractivity contribution is 5.79. The Morgan fingerprint density at radius 2 is 2.00 bits per heavy atom. The number of tetrazole rings is 1. The van der Waals surface area contributed by atoms with E-state index in [0.717, 1.165) is 47.3 Å². The van der Waals surface area contributed by atoms with E-state index >= 15 is 0 Å². The van der Waals surface area contributed by atoms with Crippen LogP contribution < -0.4 is 5.56 Å². The topological polar surface area (TPSA) is 88.9 Å². The molecule has 0 amide bonds. The Kier molecular flexibility index (Phi) is 6.28. The van der Waals surface area contributed by atoms with Crippen LogP contribution in [-0.2, 0) is 30.9 Å². The van der Waals surface area contributed by atoms with Gasteiger partial charge in [0.05, 0.1) is 19.2 Å². The molecule has 1 atom stereocenters. The molecule has 0 radical (unpaired) electrons. The monoisotopic (exact) mass is 444 g/mol. The number of hydrogen-bond donors (Lipinski definition) is 1. The van der Waals surface area contributed by atoms with Crippen LogP contribution in [0.4, 0.5) is 0 Å². The molecule has 1 aliphatic rings. The molecular weight excluding hydrogens is 416 g/mol. The molecule has 2 aromatic heterocycles. The van der Waals surface area contributed by atoms with Crippen molar-refractivity contribution in [1.82, 2.24) is 30.1 Å². The number of H-pyrrole nitrogens is 1. The van der Waals surface area contributed by atoms with Crippen molar-refractivity contribution in [2.75, 3.05) is 6.61 Å². The van der Waals surface area contributed by atoms with E-state index in [1.807, 2.05) is 48.0 Å². The van der Waals surface area contributed by atoms with E-state index in [4.69, 9.17) is 4.74 Å². The zero-order chi connectivity index (χ0) is 22.6. The Labute approximate surface area is 192 Å². The summed E-state index contributed by atoms with van der Waals surface area (Å²) in [6, 6.07) is 18.3. The van der Waals surface area contributed by atoms with Gasteiger partial charge in [-0.15, -0.1) is 5.10 Å². The van der Waals surface area contributed by atoms with Gasteiger partial charge in [-0.3, -0.25) is 9.69 Å². The van der Waals surface area contributed by atoms with E-state index in [0.29, 0.717) is 26.2 Å². The lowest BCUT2D eigenvalue weighted by atomic mass is 10.1. The number of aromatic amines is 1. The molecule has 1 fully saturated rings. The summed E-state index contributed by atoms with van der Waals surface area (Å²) in [7, 11) is 0. The maximum atomic E-state index is 12.9. The number of aromatic nitrogens is 5.